The minimum atomic E-state index is -1.61. The fraction of sp³-hybridized carbons (Fsp3) is 0.348. The van der Waals surface area contributed by atoms with Gasteiger partial charge in [-0.2, -0.15) is 5.01 Å². The topological polar surface area (TPSA) is 125 Å². The van der Waals surface area contributed by atoms with Crippen molar-refractivity contribution in [1.29, 1.82) is 0 Å². The number of ether oxygens (including phenoxy) is 2. The number of rotatable bonds is 9. The van der Waals surface area contributed by atoms with Gasteiger partial charge in [0.2, 0.25) is 11.8 Å². The Morgan fingerprint density at radius 1 is 0.828 bits per heavy atom. The van der Waals surface area contributed by atoms with Crippen LogP contribution in [0.25, 0.3) is 0 Å². The molecule has 0 spiro atoms. The molecule has 2 heterocycles. The first-order valence-electron chi connectivity index (χ1n) is 19.9. The lowest BCUT2D eigenvalue weighted by molar-refractivity contribution is -0.144. The molecule has 4 aromatic rings. The Hall–Kier alpha value is -5.32. The molecule has 2 saturated carbocycles. The van der Waals surface area contributed by atoms with E-state index >= 15 is 9.59 Å². The van der Waals surface area contributed by atoms with E-state index < -0.39 is 46.8 Å². The van der Waals surface area contributed by atoms with Gasteiger partial charge in [0.05, 0.1) is 41.0 Å². The van der Waals surface area contributed by atoms with Gasteiger partial charge in [0, 0.05) is 28.6 Å². The molecule has 2 N–H and O–H groups in total. The lowest BCUT2D eigenvalue weighted by Crippen LogP contribution is -2.53. The molecule has 58 heavy (non-hydrogen) atoms. The van der Waals surface area contributed by atoms with Crippen LogP contribution >= 0.6 is 23.2 Å². The summed E-state index contributed by atoms with van der Waals surface area (Å²) in [5.41, 5.74) is 4.35. The maximum Gasteiger partial charge on any atom is 0.260 e. The van der Waals surface area contributed by atoms with Crippen molar-refractivity contribution < 1.29 is 33.8 Å². The highest BCUT2D eigenvalue weighted by Gasteiger charge is 2.71. The lowest BCUT2D eigenvalue weighted by Gasteiger charge is -2.50. The summed E-state index contributed by atoms with van der Waals surface area (Å²) >= 11 is 12.8. The summed E-state index contributed by atoms with van der Waals surface area (Å²) in [6.07, 6.45) is 6.97. The van der Waals surface area contributed by atoms with Gasteiger partial charge in [0.15, 0.2) is 0 Å². The average Bonchev–Trinajstić information content (AvgIpc) is 3.62. The van der Waals surface area contributed by atoms with E-state index in [2.05, 4.69) is 5.43 Å². The zero-order chi connectivity index (χ0) is 40.3. The number of likely N-dealkylation sites (tertiary alicyclic amines) is 1. The number of nitrogens with one attached hydrogen (secondary N) is 1. The summed E-state index contributed by atoms with van der Waals surface area (Å²) < 4.78 is 11.6. The third-order valence-corrected chi connectivity index (χ3v) is 13.7. The van der Waals surface area contributed by atoms with Crippen molar-refractivity contribution in [2.75, 3.05) is 12.5 Å². The summed E-state index contributed by atoms with van der Waals surface area (Å²) in [6, 6.07) is 26.4. The van der Waals surface area contributed by atoms with Crippen LogP contribution < -0.4 is 14.9 Å². The number of halogens is 2. The van der Waals surface area contributed by atoms with Gasteiger partial charge in [-0.05, 0) is 79.1 Å². The van der Waals surface area contributed by atoms with Gasteiger partial charge < -0.3 is 14.6 Å². The van der Waals surface area contributed by atoms with Crippen LogP contribution in [0.4, 0.5) is 5.69 Å². The summed E-state index contributed by atoms with van der Waals surface area (Å²) in [5, 5.41) is 13.7. The summed E-state index contributed by atoms with van der Waals surface area (Å²) in [7, 11) is 1.55. The number of hydrogen-bond donors (Lipinski definition) is 2. The number of nitrogens with zero attached hydrogens (tertiary/aromatic N) is 2. The molecule has 5 aliphatic rings. The minimum absolute atomic E-state index is 0.128. The number of benzene rings is 4. The number of methoxy groups -OCH3 is 1. The zero-order valence-corrected chi connectivity index (χ0v) is 33.4. The Bertz CT molecular complexity index is 2330. The number of allylic oxidation sites excluding steroid dienone is 2. The monoisotopic (exact) mass is 819 g/mol. The number of hydrogen-bond acceptors (Lipinski definition) is 8. The number of amides is 4. The van der Waals surface area contributed by atoms with E-state index in [-0.39, 0.29) is 41.7 Å². The van der Waals surface area contributed by atoms with Gasteiger partial charge in [0.1, 0.15) is 23.9 Å². The predicted octanol–water partition coefficient (Wildman–Crippen LogP) is 8.60. The second kappa shape index (κ2) is 15.1. The lowest BCUT2D eigenvalue weighted by atomic mass is 9.49. The number of anilines is 1. The molecule has 4 aromatic carbocycles. The minimum Gasteiger partial charge on any atom is -0.508 e. The first-order chi connectivity index (χ1) is 28.1. The van der Waals surface area contributed by atoms with Crippen LogP contribution in [-0.4, -0.2) is 51.8 Å². The molecule has 3 aliphatic carbocycles. The third kappa shape index (κ3) is 6.14. The average molecular weight is 821 g/mol. The van der Waals surface area contributed by atoms with Crippen LogP contribution in [0, 0.1) is 23.7 Å². The van der Waals surface area contributed by atoms with E-state index in [4.69, 9.17) is 32.7 Å². The van der Waals surface area contributed by atoms with E-state index in [1.807, 2.05) is 36.4 Å². The number of aromatic hydroxyl groups is 1. The van der Waals surface area contributed by atoms with Crippen LogP contribution in [0.5, 0.6) is 17.2 Å². The maximum atomic E-state index is 15.6. The first-order valence-corrected chi connectivity index (χ1v) is 20.7. The molecule has 0 unspecified atom stereocenters. The van der Waals surface area contributed by atoms with E-state index in [9.17, 15) is 14.7 Å². The Balaban J connectivity index is 1.20. The van der Waals surface area contributed by atoms with Crippen molar-refractivity contribution >= 4 is 52.5 Å². The molecule has 4 amide bonds. The largest absolute Gasteiger partial charge is 0.508 e. The van der Waals surface area contributed by atoms with E-state index in [1.54, 1.807) is 55.6 Å². The van der Waals surface area contributed by atoms with Gasteiger partial charge in [-0.25, -0.2) is 0 Å². The predicted molar refractivity (Wildman–Crippen MR) is 218 cm³/mol. The van der Waals surface area contributed by atoms with Crippen LogP contribution in [0.15, 0.2) is 103 Å². The Kier molecular flexibility index (Phi) is 9.96. The second-order valence-electron chi connectivity index (χ2n) is 16.0. The molecule has 2 saturated heterocycles. The fourth-order valence-corrected chi connectivity index (χ4v) is 11.0. The van der Waals surface area contributed by atoms with Crippen molar-refractivity contribution in [3.63, 3.8) is 0 Å². The van der Waals surface area contributed by atoms with Gasteiger partial charge in [0.25, 0.3) is 11.8 Å². The van der Waals surface area contributed by atoms with Crippen LogP contribution in [0.1, 0.15) is 67.6 Å². The number of carbonyl (C=O) groups is 4. The molecule has 12 heteroatoms. The summed E-state index contributed by atoms with van der Waals surface area (Å²) in [4.78, 5) is 61.0. The molecule has 0 bridgehead atoms. The van der Waals surface area contributed by atoms with Gasteiger partial charge in [-0.3, -0.25) is 29.5 Å². The van der Waals surface area contributed by atoms with E-state index in [0.29, 0.717) is 39.8 Å². The van der Waals surface area contributed by atoms with Crippen LogP contribution in [-0.2, 0) is 31.2 Å². The van der Waals surface area contributed by atoms with Crippen molar-refractivity contribution in [1.82, 2.24) is 9.91 Å². The SMILES string of the molecule is COc1ccc([C@@]23C(=O)N(Nc4ccc(Cl)cc4Cl)C(=O)[C@@H]2C[C@@H]2C(=CC[C@@H]4C(=O)N(C5CCCCC5)C(=O)[C@@H]42)[C@@H]3c2ccc(OCc3ccccc3)cc2O)cc1. The van der Waals surface area contributed by atoms with Crippen molar-refractivity contribution in [2.24, 2.45) is 23.7 Å². The molecule has 10 nitrogen and oxygen atoms in total. The molecular weight excluding hydrogens is 777 g/mol. The van der Waals surface area contributed by atoms with Gasteiger partial charge in [-0.15, -0.1) is 0 Å². The number of carbonyl (C=O) groups excluding carboxylic acids is 4. The number of phenolic OH excluding ortho intramolecular Hbond substituents is 1. The smallest absolute Gasteiger partial charge is 0.260 e. The maximum absolute atomic E-state index is 15.6. The standard InChI is InChI=1S/C46H43Cl2N3O7/c1-57-30-15-12-27(13-16-30)46-36(43(54)51(45(46)56)49-38-21-14-28(47)22-37(38)48)24-35-32(19-20-34-40(35)44(55)50(42(34)53)29-10-6-3-7-11-29)41(46)33-18-17-31(23-39(33)52)58-25-26-8-4-2-5-9-26/h2,4-5,8-9,12-19,21-23,29,34-36,40-41,49,52H,3,6-7,10-11,20,24-25H2,1H3/t34-,35+,36-,40-,41+,46+/m0/s1. The first kappa shape index (κ1) is 38.2. The van der Waals surface area contributed by atoms with Crippen LogP contribution in [0.2, 0.25) is 10.0 Å². The van der Waals surface area contributed by atoms with E-state index in [0.717, 1.165) is 48.2 Å². The number of phenols is 1. The molecule has 0 aromatic heterocycles. The second-order valence-corrected chi connectivity index (χ2v) is 16.9. The summed E-state index contributed by atoms with van der Waals surface area (Å²) in [6.45, 7) is 0.270. The van der Waals surface area contributed by atoms with Crippen molar-refractivity contribution in [3.05, 3.63) is 129 Å². The Labute approximate surface area is 346 Å². The highest BCUT2D eigenvalue weighted by molar-refractivity contribution is 6.36. The number of fused-ring (bicyclic) bond motifs is 4. The number of hydrazine groups is 1. The fourth-order valence-electron chi connectivity index (χ4n) is 10.5. The highest BCUT2D eigenvalue weighted by Crippen LogP contribution is 2.65. The highest BCUT2D eigenvalue weighted by atomic mass is 35.5. The van der Waals surface area contributed by atoms with Gasteiger partial charge in [-0.1, -0.05) is 103 Å². The number of imide groups is 2. The van der Waals surface area contributed by atoms with Crippen LogP contribution in [0.3, 0.4) is 0 Å². The van der Waals surface area contributed by atoms with Crippen molar-refractivity contribution in [3.8, 4) is 17.2 Å². The third-order valence-electron chi connectivity index (χ3n) is 13.1. The Morgan fingerprint density at radius 3 is 2.28 bits per heavy atom. The molecule has 4 fully saturated rings. The molecule has 2 aliphatic heterocycles. The summed E-state index contributed by atoms with van der Waals surface area (Å²) in [5.74, 6) is -4.37. The van der Waals surface area contributed by atoms with Crippen molar-refractivity contribution in [2.45, 2.75) is 68.9 Å². The quantitative estimate of drug-likeness (QED) is 0.127. The van der Waals surface area contributed by atoms with E-state index in [1.165, 1.54) is 17.0 Å². The molecule has 6 atom stereocenters. The zero-order valence-electron chi connectivity index (χ0n) is 31.9. The normalized spacial score (nSPS) is 26.9. The van der Waals surface area contributed by atoms with Gasteiger partial charge >= 0.3 is 0 Å². The Morgan fingerprint density at radius 2 is 1.57 bits per heavy atom. The molecule has 298 valence electrons. The molecule has 9 rings (SSSR count). The molecular formula is C46H43Cl2N3O7. The molecule has 0 radical (unpaired) electrons.